The van der Waals surface area contributed by atoms with Crippen LogP contribution in [0.25, 0.3) is 0 Å². The van der Waals surface area contributed by atoms with Crippen molar-refractivity contribution in [3.05, 3.63) is 33.8 Å². The molecule has 14 heavy (non-hydrogen) atoms. The lowest BCUT2D eigenvalue weighted by Gasteiger charge is -2.03. The molecule has 0 heterocycles. The third kappa shape index (κ3) is 1.98. The van der Waals surface area contributed by atoms with E-state index in [-0.39, 0.29) is 16.5 Å². The molecule has 0 bridgehead atoms. The van der Waals surface area contributed by atoms with E-state index in [1.54, 1.807) is 0 Å². The summed E-state index contributed by atoms with van der Waals surface area (Å²) >= 11 is 11.2. The summed E-state index contributed by atoms with van der Waals surface area (Å²) in [6, 6.07) is 4.52. The smallest absolute Gasteiger partial charge is 0.337 e. The van der Waals surface area contributed by atoms with Crippen LogP contribution < -0.4 is 0 Å². The first kappa shape index (κ1) is 10.8. The summed E-state index contributed by atoms with van der Waals surface area (Å²) in [5.74, 6) is -1.05. The van der Waals surface area contributed by atoms with Crippen molar-refractivity contribution in [2.75, 3.05) is 0 Å². The van der Waals surface area contributed by atoms with Crippen molar-refractivity contribution in [1.82, 2.24) is 0 Å². The summed E-state index contributed by atoms with van der Waals surface area (Å²) < 4.78 is 0. The molecule has 0 saturated heterocycles. The lowest BCUT2D eigenvalue weighted by Crippen LogP contribution is -2.00. The number of benzene rings is 1. The van der Waals surface area contributed by atoms with Crippen LogP contribution >= 0.6 is 23.2 Å². The number of rotatable bonds is 2. The molecular weight excluding hydrogens is 225 g/mol. The fourth-order valence-corrected chi connectivity index (χ4v) is 1.46. The molecule has 5 heteroatoms. The minimum absolute atomic E-state index is 0.0404. The van der Waals surface area contributed by atoms with E-state index in [0.29, 0.717) is 11.1 Å². The highest BCUT2D eigenvalue weighted by molar-refractivity contribution is 6.33. The summed E-state index contributed by atoms with van der Waals surface area (Å²) in [6.07, 6.45) is 0. The predicted molar refractivity (Wildman–Crippen MR) is 52.7 cm³/mol. The van der Waals surface area contributed by atoms with Gasteiger partial charge in [-0.25, -0.2) is 4.79 Å². The molecule has 0 unspecified atom stereocenters. The number of carboxylic acid groups (broad SMARTS) is 1. The number of hydrogen-bond donors (Lipinski definition) is 1. The molecule has 3 nitrogen and oxygen atoms in total. The monoisotopic (exact) mass is 229 g/mol. The second-order valence-corrected chi connectivity index (χ2v) is 3.21. The van der Waals surface area contributed by atoms with Crippen LogP contribution in [0.15, 0.2) is 12.1 Å². The van der Waals surface area contributed by atoms with E-state index in [4.69, 9.17) is 33.6 Å². The fourth-order valence-electron chi connectivity index (χ4n) is 0.997. The highest BCUT2D eigenvalue weighted by Crippen LogP contribution is 2.22. The van der Waals surface area contributed by atoms with Crippen LogP contribution in [0.2, 0.25) is 5.02 Å². The standard InChI is InChI=1S/C9H5Cl2NO2/c10-3-5-1-7(9(13)14)8(11)2-6(5)4-12/h1-2H,3H2,(H,13,14). The van der Waals surface area contributed by atoms with Crippen molar-refractivity contribution in [3.8, 4) is 6.07 Å². The second kappa shape index (κ2) is 4.32. The quantitative estimate of drug-likeness (QED) is 0.794. The largest absolute Gasteiger partial charge is 0.478 e. The predicted octanol–water partition coefficient (Wildman–Crippen LogP) is 2.65. The highest BCUT2D eigenvalue weighted by atomic mass is 35.5. The maximum Gasteiger partial charge on any atom is 0.337 e. The summed E-state index contributed by atoms with van der Waals surface area (Å²) in [7, 11) is 0. The van der Waals surface area contributed by atoms with Gasteiger partial charge in [-0.3, -0.25) is 0 Å². The van der Waals surface area contributed by atoms with Crippen molar-refractivity contribution in [3.63, 3.8) is 0 Å². The summed E-state index contributed by atoms with van der Waals surface area (Å²) in [5, 5.41) is 17.5. The number of halogens is 2. The van der Waals surface area contributed by atoms with E-state index in [0.717, 1.165) is 0 Å². The number of carbonyl (C=O) groups is 1. The zero-order chi connectivity index (χ0) is 10.7. The maximum atomic E-state index is 10.7. The number of aromatic carboxylic acids is 1. The molecule has 1 aromatic carbocycles. The van der Waals surface area contributed by atoms with Crippen molar-refractivity contribution in [2.24, 2.45) is 0 Å². The van der Waals surface area contributed by atoms with E-state index in [1.807, 2.05) is 6.07 Å². The van der Waals surface area contributed by atoms with Crippen LogP contribution in [0.5, 0.6) is 0 Å². The Labute approximate surface area is 90.5 Å². The number of carboxylic acids is 1. The molecule has 1 N–H and O–H groups in total. The molecule has 0 atom stereocenters. The van der Waals surface area contributed by atoms with Gasteiger partial charge in [-0.2, -0.15) is 5.26 Å². The van der Waals surface area contributed by atoms with Gasteiger partial charge in [0.15, 0.2) is 0 Å². The van der Waals surface area contributed by atoms with E-state index in [9.17, 15) is 4.79 Å². The Morgan fingerprint density at radius 3 is 2.64 bits per heavy atom. The van der Waals surface area contributed by atoms with Crippen molar-refractivity contribution < 1.29 is 9.90 Å². The van der Waals surface area contributed by atoms with Gasteiger partial charge in [0, 0.05) is 5.88 Å². The first-order valence-corrected chi connectivity index (χ1v) is 4.53. The molecule has 72 valence electrons. The van der Waals surface area contributed by atoms with Crippen molar-refractivity contribution in [1.29, 1.82) is 5.26 Å². The SMILES string of the molecule is N#Cc1cc(Cl)c(C(=O)O)cc1CCl. The van der Waals surface area contributed by atoms with Gasteiger partial charge < -0.3 is 5.11 Å². The third-order valence-electron chi connectivity index (χ3n) is 1.69. The molecule has 0 amide bonds. The Kier molecular flexibility index (Phi) is 3.34. The molecule has 0 fully saturated rings. The first-order valence-electron chi connectivity index (χ1n) is 3.62. The summed E-state index contributed by atoms with van der Waals surface area (Å²) in [5.41, 5.74) is 0.729. The minimum Gasteiger partial charge on any atom is -0.478 e. The molecule has 0 aliphatic rings. The Balaban J connectivity index is 3.39. The summed E-state index contributed by atoms with van der Waals surface area (Å²) in [4.78, 5) is 10.7. The van der Waals surface area contributed by atoms with Crippen molar-refractivity contribution in [2.45, 2.75) is 5.88 Å². The highest BCUT2D eigenvalue weighted by Gasteiger charge is 2.12. The molecular formula is C9H5Cl2NO2. The van der Waals surface area contributed by atoms with Gasteiger partial charge in [-0.15, -0.1) is 11.6 Å². The number of alkyl halides is 1. The van der Waals surface area contributed by atoms with Crippen LogP contribution in [-0.4, -0.2) is 11.1 Å². The van der Waals surface area contributed by atoms with Gasteiger partial charge in [0.05, 0.1) is 22.2 Å². The molecule has 0 saturated carbocycles. The third-order valence-corrected chi connectivity index (χ3v) is 2.29. The van der Waals surface area contributed by atoms with Gasteiger partial charge in [-0.05, 0) is 17.7 Å². The van der Waals surface area contributed by atoms with Gasteiger partial charge >= 0.3 is 5.97 Å². The van der Waals surface area contributed by atoms with Crippen LogP contribution in [0.3, 0.4) is 0 Å². The van der Waals surface area contributed by atoms with Gasteiger partial charge in [0.1, 0.15) is 0 Å². The molecule has 0 aliphatic heterocycles. The molecule has 1 rings (SSSR count). The Morgan fingerprint density at radius 1 is 1.57 bits per heavy atom. The lowest BCUT2D eigenvalue weighted by atomic mass is 10.1. The molecule has 0 radical (unpaired) electrons. The van der Waals surface area contributed by atoms with E-state index in [1.165, 1.54) is 12.1 Å². The van der Waals surface area contributed by atoms with Crippen molar-refractivity contribution >= 4 is 29.2 Å². The van der Waals surface area contributed by atoms with Crippen LogP contribution in [0.4, 0.5) is 0 Å². The average Bonchev–Trinajstić information content (AvgIpc) is 2.16. The van der Waals surface area contributed by atoms with E-state index in [2.05, 4.69) is 0 Å². The van der Waals surface area contributed by atoms with E-state index >= 15 is 0 Å². The topological polar surface area (TPSA) is 61.1 Å². The minimum atomic E-state index is -1.13. The van der Waals surface area contributed by atoms with Gasteiger partial charge in [0.25, 0.3) is 0 Å². The second-order valence-electron chi connectivity index (χ2n) is 2.54. The van der Waals surface area contributed by atoms with Gasteiger partial charge in [0.2, 0.25) is 0 Å². The van der Waals surface area contributed by atoms with Gasteiger partial charge in [-0.1, -0.05) is 11.6 Å². The molecule has 0 aliphatic carbocycles. The maximum absolute atomic E-state index is 10.7. The van der Waals surface area contributed by atoms with E-state index < -0.39 is 5.97 Å². The zero-order valence-electron chi connectivity index (χ0n) is 6.92. The number of hydrogen-bond acceptors (Lipinski definition) is 2. The Bertz CT molecular complexity index is 424. The first-order chi connectivity index (χ1) is 6.60. The molecule has 0 spiro atoms. The van der Waals surface area contributed by atoms with Crippen LogP contribution in [0, 0.1) is 11.3 Å². The average molecular weight is 230 g/mol. The molecule has 1 aromatic rings. The number of nitriles is 1. The van der Waals surface area contributed by atoms with Crippen LogP contribution in [0.1, 0.15) is 21.5 Å². The Hall–Kier alpha value is -1.24. The Morgan fingerprint density at radius 2 is 2.21 bits per heavy atom. The lowest BCUT2D eigenvalue weighted by molar-refractivity contribution is 0.0697. The summed E-state index contributed by atoms with van der Waals surface area (Å²) in [6.45, 7) is 0. The fraction of sp³-hybridized carbons (Fsp3) is 0.111. The zero-order valence-corrected chi connectivity index (χ0v) is 8.43. The molecule has 0 aromatic heterocycles. The van der Waals surface area contributed by atoms with Crippen LogP contribution in [-0.2, 0) is 5.88 Å². The normalized spacial score (nSPS) is 9.50. The number of nitrogens with zero attached hydrogens (tertiary/aromatic N) is 1.